The molecule has 3 unspecified atom stereocenters. The van der Waals surface area contributed by atoms with Crippen molar-refractivity contribution in [2.75, 3.05) is 6.54 Å². The Balaban J connectivity index is 4.30. The van der Waals surface area contributed by atoms with Crippen LogP contribution in [0.3, 0.4) is 0 Å². The zero-order valence-electron chi connectivity index (χ0n) is 16.4. The normalized spacial score (nSPS) is 17.3. The number of nitrogens with two attached hydrogens (primary N) is 1. The monoisotopic (exact) mass is 363 g/mol. The molecule has 0 aromatic carbocycles. The van der Waals surface area contributed by atoms with Crippen LogP contribution < -0.4 is 5.73 Å². The van der Waals surface area contributed by atoms with Gasteiger partial charge >= 0.3 is 8.56 Å². The Morgan fingerprint density at radius 3 is 2.14 bits per heavy atom. The zero-order valence-corrected chi connectivity index (χ0v) is 19.5. The summed E-state index contributed by atoms with van der Waals surface area (Å²) in [5.41, 5.74) is 5.70. The first-order valence-corrected chi connectivity index (χ1v) is 17.5. The van der Waals surface area contributed by atoms with Crippen LogP contribution in [0, 0.1) is 11.8 Å². The van der Waals surface area contributed by atoms with Crippen molar-refractivity contribution in [2.24, 2.45) is 17.6 Å². The highest BCUT2D eigenvalue weighted by atomic mass is 28.5. The molecule has 0 radical (unpaired) electrons. The molecule has 0 aliphatic heterocycles. The van der Waals surface area contributed by atoms with Crippen LogP contribution in [0.5, 0.6) is 0 Å². The van der Waals surface area contributed by atoms with Gasteiger partial charge in [-0.15, -0.1) is 0 Å². The van der Waals surface area contributed by atoms with Gasteiger partial charge in [-0.2, -0.15) is 0 Å². The Kier molecular flexibility index (Phi) is 10.7. The molecule has 3 atom stereocenters. The van der Waals surface area contributed by atoms with E-state index in [0.717, 1.165) is 12.5 Å². The molecule has 134 valence electrons. The van der Waals surface area contributed by atoms with Crippen LogP contribution in [0.2, 0.25) is 44.8 Å². The first kappa shape index (κ1) is 22.5. The third-order valence-electron chi connectivity index (χ3n) is 4.41. The molecular weight excluding hydrogens is 322 g/mol. The molecule has 0 fully saturated rings. The highest BCUT2D eigenvalue weighted by molar-refractivity contribution is 6.84. The van der Waals surface area contributed by atoms with E-state index in [0.29, 0.717) is 5.92 Å². The maximum atomic E-state index is 6.59. The van der Waals surface area contributed by atoms with Crippen LogP contribution in [0.15, 0.2) is 0 Å². The minimum absolute atomic E-state index is 0.616. The molecule has 0 saturated heterocycles. The summed E-state index contributed by atoms with van der Waals surface area (Å²) in [6.45, 7) is 19.1. The van der Waals surface area contributed by atoms with E-state index in [2.05, 4.69) is 53.5 Å². The smallest absolute Gasteiger partial charge is 0.310 e. The molecule has 22 heavy (non-hydrogen) atoms. The molecule has 3 nitrogen and oxygen atoms in total. The predicted octanol–water partition coefficient (Wildman–Crippen LogP) is 4.70. The fraction of sp³-hybridized carbons (Fsp3) is 1.00. The van der Waals surface area contributed by atoms with Gasteiger partial charge in [0.25, 0.3) is 0 Å². The van der Waals surface area contributed by atoms with Crippen LogP contribution in [0.4, 0.5) is 0 Å². The average molecular weight is 364 g/mol. The fourth-order valence-corrected chi connectivity index (χ4v) is 15.6. The Morgan fingerprint density at radius 2 is 1.64 bits per heavy atom. The third-order valence-corrected chi connectivity index (χ3v) is 15.1. The lowest BCUT2D eigenvalue weighted by atomic mass is 10.1. The molecule has 0 rings (SSSR count). The number of hydrogen-bond acceptors (Lipinski definition) is 3. The predicted molar refractivity (Wildman–Crippen MR) is 107 cm³/mol. The van der Waals surface area contributed by atoms with Gasteiger partial charge in [0.15, 0.2) is 17.4 Å². The van der Waals surface area contributed by atoms with Gasteiger partial charge in [0.05, 0.1) is 0 Å². The molecule has 0 bridgehead atoms. The lowest BCUT2D eigenvalue weighted by Crippen LogP contribution is -2.49. The lowest BCUT2D eigenvalue weighted by molar-refractivity contribution is 0.391. The molecular formula is C16H41NO2Si3. The third kappa shape index (κ3) is 11.1. The maximum Gasteiger partial charge on any atom is 0.310 e. The topological polar surface area (TPSA) is 44.5 Å². The molecule has 0 aromatic heterocycles. The Labute approximate surface area is 143 Å². The van der Waals surface area contributed by atoms with Crippen LogP contribution in [-0.4, -0.2) is 32.5 Å². The summed E-state index contributed by atoms with van der Waals surface area (Å²) in [6.07, 6.45) is 3.76. The van der Waals surface area contributed by atoms with E-state index in [1.807, 2.05) is 0 Å². The van der Waals surface area contributed by atoms with Crippen molar-refractivity contribution in [3.05, 3.63) is 0 Å². The maximum absolute atomic E-state index is 6.59. The SMILES string of the molecule is CCC(C)CC[Si](C)(C)O[Si](C)(C)O[SiH](C)CCC(C)CN. The van der Waals surface area contributed by atoms with Gasteiger partial charge in [0.1, 0.15) is 0 Å². The lowest BCUT2D eigenvalue weighted by Gasteiger charge is -2.36. The summed E-state index contributed by atoms with van der Waals surface area (Å²) in [6, 6.07) is 2.47. The molecule has 2 N–H and O–H groups in total. The van der Waals surface area contributed by atoms with Crippen LogP contribution in [0.25, 0.3) is 0 Å². The zero-order chi connectivity index (χ0) is 17.4. The first-order chi connectivity index (χ1) is 10.0. The van der Waals surface area contributed by atoms with Gasteiger partial charge < -0.3 is 14.0 Å². The van der Waals surface area contributed by atoms with Gasteiger partial charge in [-0.1, -0.05) is 40.0 Å². The van der Waals surface area contributed by atoms with Gasteiger partial charge in [-0.25, -0.2) is 0 Å². The van der Waals surface area contributed by atoms with Gasteiger partial charge in [0.2, 0.25) is 0 Å². The van der Waals surface area contributed by atoms with Crippen molar-refractivity contribution in [2.45, 2.75) is 84.9 Å². The number of rotatable bonds is 12. The molecule has 6 heteroatoms. The van der Waals surface area contributed by atoms with Crippen LogP contribution in [0.1, 0.15) is 40.0 Å². The molecule has 0 aliphatic rings. The summed E-state index contributed by atoms with van der Waals surface area (Å²) in [5.74, 6) is 1.43. The minimum atomic E-state index is -1.97. The van der Waals surface area contributed by atoms with Crippen molar-refractivity contribution in [1.82, 2.24) is 0 Å². The van der Waals surface area contributed by atoms with Crippen LogP contribution >= 0.6 is 0 Å². The molecule has 0 saturated carbocycles. The second-order valence-corrected chi connectivity index (χ2v) is 18.9. The number of hydrogen-bond donors (Lipinski definition) is 1. The van der Waals surface area contributed by atoms with Gasteiger partial charge in [0, 0.05) is 0 Å². The van der Waals surface area contributed by atoms with E-state index in [4.69, 9.17) is 14.0 Å². The Hall–Kier alpha value is 0.531. The average Bonchev–Trinajstić information content (AvgIpc) is 2.40. The van der Waals surface area contributed by atoms with E-state index in [1.165, 1.54) is 31.4 Å². The summed E-state index contributed by atoms with van der Waals surface area (Å²) >= 11 is 0. The molecule has 0 aliphatic carbocycles. The van der Waals surface area contributed by atoms with Gasteiger partial charge in [-0.05, 0) is 63.2 Å². The van der Waals surface area contributed by atoms with Crippen molar-refractivity contribution < 1.29 is 8.23 Å². The van der Waals surface area contributed by atoms with Crippen molar-refractivity contribution in [3.8, 4) is 0 Å². The largest absolute Gasteiger partial charge is 0.439 e. The van der Waals surface area contributed by atoms with Crippen LogP contribution in [-0.2, 0) is 8.23 Å². The summed E-state index contributed by atoms with van der Waals surface area (Å²) in [7, 11) is -4.70. The second-order valence-electron chi connectivity index (χ2n) is 8.16. The van der Waals surface area contributed by atoms with Gasteiger partial charge in [-0.3, -0.25) is 0 Å². The molecule has 0 heterocycles. The van der Waals surface area contributed by atoms with Crippen molar-refractivity contribution >= 4 is 25.9 Å². The Bertz CT molecular complexity index is 301. The first-order valence-electron chi connectivity index (χ1n) is 9.09. The quantitative estimate of drug-likeness (QED) is 0.511. The molecule has 0 amide bonds. The minimum Gasteiger partial charge on any atom is -0.439 e. The molecule has 0 aromatic rings. The van der Waals surface area contributed by atoms with E-state index >= 15 is 0 Å². The fourth-order valence-electron chi connectivity index (χ4n) is 2.72. The second kappa shape index (κ2) is 10.4. The van der Waals surface area contributed by atoms with Crippen molar-refractivity contribution in [3.63, 3.8) is 0 Å². The van der Waals surface area contributed by atoms with E-state index < -0.39 is 25.9 Å². The summed E-state index contributed by atoms with van der Waals surface area (Å²) < 4.78 is 13.0. The van der Waals surface area contributed by atoms with Crippen molar-refractivity contribution in [1.29, 1.82) is 0 Å². The molecule has 0 spiro atoms. The Morgan fingerprint density at radius 1 is 1.05 bits per heavy atom. The highest BCUT2D eigenvalue weighted by Crippen LogP contribution is 2.25. The van der Waals surface area contributed by atoms with E-state index in [9.17, 15) is 0 Å². The highest BCUT2D eigenvalue weighted by Gasteiger charge is 2.35. The standard InChI is InChI=1S/C16H41NO2Si3/c1-9-15(2)11-13-21(5,6)19-22(7,8)18-20(4)12-10-16(3)14-17/h15-16,20H,9-14,17H2,1-8H3. The summed E-state index contributed by atoms with van der Waals surface area (Å²) in [5, 5.41) is 0. The van der Waals surface area contributed by atoms with E-state index in [1.54, 1.807) is 0 Å². The summed E-state index contributed by atoms with van der Waals surface area (Å²) in [4.78, 5) is 0. The van der Waals surface area contributed by atoms with E-state index in [-0.39, 0.29) is 0 Å².